The third-order valence-corrected chi connectivity index (χ3v) is 24.2. The van der Waals surface area contributed by atoms with E-state index < -0.39 is 103 Å². The lowest BCUT2D eigenvalue weighted by atomic mass is 9.70. The van der Waals surface area contributed by atoms with Crippen LogP contribution in [0.4, 0.5) is 0 Å². The molecule has 3 aliphatic rings. The Morgan fingerprint density at radius 3 is 1.88 bits per heavy atom. The first-order valence-corrected chi connectivity index (χ1v) is 34.3. The van der Waals surface area contributed by atoms with Crippen molar-refractivity contribution >= 4 is 35.1 Å². The number of aliphatic hydroxyl groups is 5. The first-order chi connectivity index (χ1) is 40.2. The van der Waals surface area contributed by atoms with E-state index in [2.05, 4.69) is 78.2 Å². The van der Waals surface area contributed by atoms with Crippen molar-refractivity contribution in [3.8, 4) is 0 Å². The molecule has 18 atom stereocenters. The van der Waals surface area contributed by atoms with Crippen LogP contribution in [0.3, 0.4) is 0 Å². The average Bonchev–Trinajstić information content (AvgIpc) is 3.87. The van der Waals surface area contributed by atoms with Crippen LogP contribution < -0.4 is 15.9 Å². The maximum atomic E-state index is 14.8. The summed E-state index contributed by atoms with van der Waals surface area (Å²) >= 11 is 0. The van der Waals surface area contributed by atoms with Gasteiger partial charge in [-0.25, -0.2) is 0 Å². The van der Waals surface area contributed by atoms with Gasteiger partial charge < -0.3 is 59.0 Å². The SMILES string of the molecule is CC[C@H]1OC(=O)[C@H](C)[C@@H](C[C@H]2C[C@@](C)(OC)[C@@H](O)[C@H](C)O2)[C@H](C)[C@@H](O[C@@H]2O[C@H](C)C[C@H](N(C)C)[C@H]2O)[C@](C)(O)C[C@@H](C)CN(C(=O)CCCCCCCCCCCCC[P+](c2ccccc2)(c2ccccc2)c2cnn(C)c2)[C@H](C)[C@@H](O)[C@]1(C)O. The first kappa shape index (κ1) is 70.7. The van der Waals surface area contributed by atoms with Crippen LogP contribution in [-0.4, -0.2) is 175 Å². The molecular formula is C68H112N4O12P+. The van der Waals surface area contributed by atoms with Crippen molar-refractivity contribution in [2.24, 2.45) is 30.7 Å². The number of aliphatic hydroxyl groups excluding tert-OH is 3. The number of benzene rings is 2. The third kappa shape index (κ3) is 17.7. The number of aromatic nitrogens is 2. The van der Waals surface area contributed by atoms with Gasteiger partial charge in [-0.1, -0.05) is 115 Å². The zero-order chi connectivity index (χ0) is 62.4. The van der Waals surface area contributed by atoms with Gasteiger partial charge in [0.2, 0.25) is 5.91 Å². The molecule has 4 heterocycles. The van der Waals surface area contributed by atoms with E-state index in [-0.39, 0.29) is 56.2 Å². The van der Waals surface area contributed by atoms with Crippen LogP contribution >= 0.6 is 7.26 Å². The number of likely N-dealkylation sites (N-methyl/N-ethyl adjacent to an activating group) is 1. The van der Waals surface area contributed by atoms with Crippen LogP contribution in [-0.2, 0) is 40.3 Å². The topological polar surface area (TPSA) is 206 Å². The molecule has 3 aliphatic heterocycles. The number of ether oxygens (including phenoxy) is 5. The predicted octanol–water partition coefficient (Wildman–Crippen LogP) is 8.87. The molecule has 1 amide bonds. The number of amides is 1. The Morgan fingerprint density at radius 2 is 1.35 bits per heavy atom. The second kappa shape index (κ2) is 31.9. The lowest BCUT2D eigenvalue weighted by molar-refractivity contribution is -0.298. The molecule has 3 aromatic rings. The van der Waals surface area contributed by atoms with E-state index in [9.17, 15) is 35.1 Å². The molecule has 17 heteroatoms. The molecule has 85 heavy (non-hydrogen) atoms. The Kier molecular flexibility index (Phi) is 26.5. The average molecular weight is 1210 g/mol. The van der Waals surface area contributed by atoms with Crippen LogP contribution in [0.25, 0.3) is 0 Å². The number of hydrogen-bond acceptors (Lipinski definition) is 14. The van der Waals surface area contributed by atoms with E-state index in [1.807, 2.05) is 58.4 Å². The zero-order valence-electron chi connectivity index (χ0n) is 54.4. The van der Waals surface area contributed by atoms with E-state index in [1.54, 1.807) is 46.6 Å². The number of esters is 1. The van der Waals surface area contributed by atoms with Crippen molar-refractivity contribution in [3.05, 3.63) is 73.1 Å². The summed E-state index contributed by atoms with van der Waals surface area (Å²) in [5.41, 5.74) is -4.54. The first-order valence-electron chi connectivity index (χ1n) is 32.4. The Morgan fingerprint density at radius 1 is 0.788 bits per heavy atom. The highest BCUT2D eigenvalue weighted by molar-refractivity contribution is 7.95. The van der Waals surface area contributed by atoms with Crippen molar-refractivity contribution in [2.45, 2.75) is 262 Å². The molecule has 3 fully saturated rings. The summed E-state index contributed by atoms with van der Waals surface area (Å²) in [6.45, 7) is 18.1. The second-order valence-corrected chi connectivity index (χ2v) is 30.6. The van der Waals surface area contributed by atoms with Gasteiger partial charge in [0, 0.05) is 39.6 Å². The lowest BCUT2D eigenvalue weighted by Gasteiger charge is -2.49. The summed E-state index contributed by atoms with van der Waals surface area (Å²) in [5.74, 6) is -3.23. The summed E-state index contributed by atoms with van der Waals surface area (Å²) in [6.07, 6.45) is 10.9. The minimum absolute atomic E-state index is 0.130. The van der Waals surface area contributed by atoms with Gasteiger partial charge in [0.25, 0.3) is 0 Å². The van der Waals surface area contributed by atoms with Crippen LogP contribution in [0.5, 0.6) is 0 Å². The van der Waals surface area contributed by atoms with E-state index in [4.69, 9.17) is 23.7 Å². The Bertz CT molecular complexity index is 2430. The number of hydrogen-bond donors (Lipinski definition) is 5. The van der Waals surface area contributed by atoms with Gasteiger partial charge in [0.1, 0.15) is 53.2 Å². The van der Waals surface area contributed by atoms with Gasteiger partial charge >= 0.3 is 5.97 Å². The summed E-state index contributed by atoms with van der Waals surface area (Å²) in [6, 6.07) is 20.9. The number of rotatable bonds is 24. The van der Waals surface area contributed by atoms with Crippen LogP contribution in [0.2, 0.25) is 0 Å². The zero-order valence-corrected chi connectivity index (χ0v) is 55.2. The van der Waals surface area contributed by atoms with Gasteiger partial charge in [-0.3, -0.25) is 14.3 Å². The van der Waals surface area contributed by atoms with Gasteiger partial charge in [-0.15, -0.1) is 0 Å². The molecule has 3 saturated heterocycles. The maximum Gasteiger partial charge on any atom is 0.309 e. The molecule has 2 aromatic carbocycles. The van der Waals surface area contributed by atoms with Gasteiger partial charge in [0.05, 0.1) is 66.1 Å². The number of methoxy groups -OCH3 is 1. The molecule has 0 radical (unpaired) electrons. The van der Waals surface area contributed by atoms with Crippen LogP contribution in [0.15, 0.2) is 73.1 Å². The molecule has 0 aliphatic carbocycles. The quantitative estimate of drug-likeness (QED) is 0.0323. The molecule has 6 rings (SSSR count). The highest BCUT2D eigenvalue weighted by Crippen LogP contribution is 2.56. The standard InChI is InChI=1S/C68H112N4O12P/c1-15-58-68(10,79)61(75)50(6)72(59(73)37-31-23-21-19-17-16-18-20-22-24-32-38-85(53-33-27-25-28-34-53,54-35-29-26-30-36-54)55-43-69-71(13)45-55)44-46(2)41-66(8,78)63(84-65-60(74)57(70(11)12)39-47(3)81-65)48(4)56(49(5)64(77)83-58)40-52-42-67(9,80-14)62(76)51(7)82-52/h25-30,33-36,43,45-52,56-58,60-63,65,74-76,78-79H,15-24,31-32,37-42,44H2,1-14H3/q+1/t46-,47-,48+,49-,50-,51+,52+,56+,57+,58-,60-,61-,62+,63-,65+,66-,67-,68-/m1/s1. The predicted molar refractivity (Wildman–Crippen MR) is 339 cm³/mol. The normalized spacial score (nSPS) is 34.8. The molecule has 480 valence electrons. The van der Waals surface area contributed by atoms with E-state index >= 15 is 0 Å². The van der Waals surface area contributed by atoms with Crippen molar-refractivity contribution in [2.75, 3.05) is 33.9 Å². The Balaban J connectivity index is 1.11. The molecular weight excluding hydrogens is 1100 g/mol. The molecule has 16 nitrogen and oxygen atoms in total. The van der Waals surface area contributed by atoms with Crippen molar-refractivity contribution in [1.29, 1.82) is 0 Å². The molecule has 1 aromatic heterocycles. The maximum absolute atomic E-state index is 14.8. The number of nitrogens with zero attached hydrogens (tertiary/aromatic N) is 4. The van der Waals surface area contributed by atoms with Crippen molar-refractivity contribution in [1.82, 2.24) is 19.6 Å². The van der Waals surface area contributed by atoms with Crippen LogP contribution in [0, 0.1) is 23.7 Å². The Hall–Kier alpha value is -3.38. The molecule has 0 saturated carbocycles. The fraction of sp³-hybridized carbons (Fsp3) is 0.750. The second-order valence-electron chi connectivity index (χ2n) is 27.0. The summed E-state index contributed by atoms with van der Waals surface area (Å²) in [7, 11) is 5.50. The van der Waals surface area contributed by atoms with Crippen molar-refractivity contribution in [3.63, 3.8) is 0 Å². The van der Waals surface area contributed by atoms with E-state index in [0.717, 1.165) is 38.3 Å². The number of cyclic esters (lactones) is 1. The smallest absolute Gasteiger partial charge is 0.309 e. The fourth-order valence-corrected chi connectivity index (χ4v) is 19.0. The van der Waals surface area contributed by atoms with Gasteiger partial charge in [-0.2, -0.15) is 5.10 Å². The summed E-state index contributed by atoms with van der Waals surface area (Å²) < 4.78 is 33.9. The minimum atomic E-state index is -1.96. The highest BCUT2D eigenvalue weighted by atomic mass is 31.2. The number of unbranched alkanes of at least 4 members (excludes halogenated alkanes) is 10. The van der Waals surface area contributed by atoms with E-state index in [1.165, 1.54) is 54.9 Å². The van der Waals surface area contributed by atoms with Gasteiger partial charge in [-0.05, 0) is 143 Å². The molecule has 0 unspecified atom stereocenters. The van der Waals surface area contributed by atoms with Crippen molar-refractivity contribution < 1.29 is 58.8 Å². The number of aryl methyl sites for hydroxylation is 1. The van der Waals surface area contributed by atoms with E-state index in [0.29, 0.717) is 19.3 Å². The highest BCUT2D eigenvalue weighted by Gasteiger charge is 2.53. The summed E-state index contributed by atoms with van der Waals surface area (Å²) in [4.78, 5) is 33.0. The van der Waals surface area contributed by atoms with Crippen LogP contribution in [0.1, 0.15) is 178 Å². The molecule has 0 bridgehead atoms. The fourth-order valence-electron chi connectivity index (χ4n) is 14.6. The largest absolute Gasteiger partial charge is 0.459 e. The lowest BCUT2D eigenvalue weighted by Crippen LogP contribution is -2.60. The molecule has 0 spiro atoms. The number of carbonyl (C=O) groups excluding carboxylic acids is 2. The number of carbonyl (C=O) groups is 2. The third-order valence-electron chi connectivity index (χ3n) is 19.8. The summed E-state index contributed by atoms with van der Waals surface area (Å²) in [5, 5.41) is 69.5. The monoisotopic (exact) mass is 1210 g/mol. The van der Waals surface area contributed by atoms with Gasteiger partial charge in [0.15, 0.2) is 6.29 Å². The minimum Gasteiger partial charge on any atom is -0.459 e. The Labute approximate surface area is 511 Å². The molecule has 5 N–H and O–H groups in total.